The Morgan fingerprint density at radius 3 is 2.41 bits per heavy atom. The third-order valence-electron chi connectivity index (χ3n) is 4.31. The Bertz CT molecular complexity index is 1070. The predicted octanol–water partition coefficient (Wildman–Crippen LogP) is 5.09. The summed E-state index contributed by atoms with van der Waals surface area (Å²) in [5.74, 6) is 0. The van der Waals surface area contributed by atoms with Crippen LogP contribution in [-0.4, -0.2) is 9.97 Å². The van der Waals surface area contributed by atoms with Gasteiger partial charge in [-0.2, -0.15) is 0 Å². The van der Waals surface area contributed by atoms with E-state index < -0.39 is 0 Å². The molecule has 0 fully saturated rings. The van der Waals surface area contributed by atoms with Crippen molar-refractivity contribution in [1.29, 1.82) is 0 Å². The maximum Gasteiger partial charge on any atom is 0.0802 e. The number of aromatic nitrogens is 2. The van der Waals surface area contributed by atoms with Crippen LogP contribution in [-0.2, 0) is 0 Å². The van der Waals surface area contributed by atoms with Crippen molar-refractivity contribution in [3.63, 3.8) is 0 Å². The summed E-state index contributed by atoms with van der Waals surface area (Å²) in [6.07, 6.45) is 3.81. The fourth-order valence-corrected chi connectivity index (χ4v) is 3.30. The fourth-order valence-electron chi connectivity index (χ4n) is 3.30. The molecule has 102 valence electrons. The monoisotopic (exact) mass is 280 g/mol. The summed E-state index contributed by atoms with van der Waals surface area (Å²) < 4.78 is 0. The molecule has 2 nitrogen and oxygen atoms in total. The summed E-state index contributed by atoms with van der Waals surface area (Å²) in [5, 5.41) is 7.20. The Morgan fingerprint density at radius 1 is 0.591 bits per heavy atom. The van der Waals surface area contributed by atoms with Crippen LogP contribution in [0.15, 0.2) is 73.1 Å². The maximum atomic E-state index is 4.63. The number of hydrogen-bond acceptors (Lipinski definition) is 2. The molecule has 5 aromatic rings. The Hall–Kier alpha value is -3.00. The van der Waals surface area contributed by atoms with E-state index in [1.807, 2.05) is 18.5 Å². The molecule has 0 atom stereocenters. The van der Waals surface area contributed by atoms with Crippen LogP contribution < -0.4 is 0 Å². The summed E-state index contributed by atoms with van der Waals surface area (Å²) in [6.45, 7) is 0. The zero-order valence-electron chi connectivity index (χ0n) is 11.8. The molecule has 0 saturated carbocycles. The highest BCUT2D eigenvalue weighted by molar-refractivity contribution is 6.25. The van der Waals surface area contributed by atoms with Crippen LogP contribution >= 0.6 is 0 Å². The average molecular weight is 280 g/mol. The van der Waals surface area contributed by atoms with Gasteiger partial charge in [0.25, 0.3) is 0 Å². The van der Waals surface area contributed by atoms with Crippen LogP contribution in [0, 0.1) is 0 Å². The van der Waals surface area contributed by atoms with E-state index in [0.717, 1.165) is 27.2 Å². The van der Waals surface area contributed by atoms with Crippen LogP contribution in [0.4, 0.5) is 0 Å². The van der Waals surface area contributed by atoms with Crippen molar-refractivity contribution in [3.8, 4) is 0 Å². The summed E-state index contributed by atoms with van der Waals surface area (Å²) >= 11 is 0. The number of hydrogen-bond donors (Lipinski definition) is 0. The minimum Gasteiger partial charge on any atom is -0.256 e. The number of pyridine rings is 2. The van der Waals surface area contributed by atoms with Crippen molar-refractivity contribution < 1.29 is 0 Å². The van der Waals surface area contributed by atoms with Gasteiger partial charge in [0.1, 0.15) is 0 Å². The first-order valence-electron chi connectivity index (χ1n) is 7.36. The fraction of sp³-hybridized carbons (Fsp3) is 0. The van der Waals surface area contributed by atoms with Gasteiger partial charge >= 0.3 is 0 Å². The molecule has 2 aromatic heterocycles. The summed E-state index contributed by atoms with van der Waals surface area (Å²) in [6, 6.07) is 21.1. The van der Waals surface area contributed by atoms with Crippen LogP contribution in [0.3, 0.4) is 0 Å². The van der Waals surface area contributed by atoms with Gasteiger partial charge in [-0.15, -0.1) is 0 Å². The minimum atomic E-state index is 0.995. The lowest BCUT2D eigenvalue weighted by Crippen LogP contribution is -1.87. The standard InChI is InChI=1S/C20H12N2/c1-2-6-16-13(4-1)7-8-15-12-22-17-10-9-14-5-3-11-21-20(14)19(17)18(15)16/h1-12H. The molecule has 0 amide bonds. The third-order valence-corrected chi connectivity index (χ3v) is 4.31. The smallest absolute Gasteiger partial charge is 0.0802 e. The highest BCUT2D eigenvalue weighted by Gasteiger charge is 2.09. The first-order chi connectivity index (χ1) is 10.9. The van der Waals surface area contributed by atoms with Gasteiger partial charge in [-0.3, -0.25) is 9.97 Å². The zero-order chi connectivity index (χ0) is 14.5. The van der Waals surface area contributed by atoms with Crippen molar-refractivity contribution in [2.75, 3.05) is 0 Å². The van der Waals surface area contributed by atoms with E-state index in [2.05, 4.69) is 64.6 Å². The lowest BCUT2D eigenvalue weighted by atomic mass is 9.98. The van der Waals surface area contributed by atoms with Crippen LogP contribution in [0.25, 0.3) is 43.4 Å². The molecule has 0 saturated heterocycles. The summed E-state index contributed by atoms with van der Waals surface area (Å²) in [5.41, 5.74) is 2.02. The van der Waals surface area contributed by atoms with E-state index in [4.69, 9.17) is 0 Å². The molecule has 22 heavy (non-hydrogen) atoms. The average Bonchev–Trinajstić information content (AvgIpc) is 2.60. The molecular formula is C20H12N2. The molecule has 0 N–H and O–H groups in total. The van der Waals surface area contributed by atoms with Gasteiger partial charge in [-0.25, -0.2) is 0 Å². The zero-order valence-corrected chi connectivity index (χ0v) is 11.8. The van der Waals surface area contributed by atoms with E-state index in [9.17, 15) is 0 Å². The first-order valence-corrected chi connectivity index (χ1v) is 7.36. The van der Waals surface area contributed by atoms with Gasteiger partial charge in [0.2, 0.25) is 0 Å². The van der Waals surface area contributed by atoms with Crippen molar-refractivity contribution >= 4 is 43.4 Å². The lowest BCUT2D eigenvalue weighted by molar-refractivity contribution is 1.41. The molecule has 0 aliphatic rings. The molecule has 0 bridgehead atoms. The second-order valence-electron chi connectivity index (χ2n) is 5.54. The third kappa shape index (κ3) is 1.49. The van der Waals surface area contributed by atoms with Crippen LogP contribution in [0.1, 0.15) is 0 Å². The number of nitrogens with zero attached hydrogens (tertiary/aromatic N) is 2. The Labute approximate surface area is 127 Å². The molecule has 0 radical (unpaired) electrons. The van der Waals surface area contributed by atoms with Gasteiger partial charge in [-0.1, -0.05) is 48.5 Å². The van der Waals surface area contributed by atoms with E-state index in [1.165, 1.54) is 16.2 Å². The van der Waals surface area contributed by atoms with Gasteiger partial charge < -0.3 is 0 Å². The SMILES string of the molecule is c1ccc2c(c1)ccc1cnc3ccc4cccnc4c3c12. The lowest BCUT2D eigenvalue weighted by Gasteiger charge is -2.09. The van der Waals surface area contributed by atoms with E-state index in [-0.39, 0.29) is 0 Å². The second kappa shape index (κ2) is 4.25. The highest BCUT2D eigenvalue weighted by Crippen LogP contribution is 2.34. The first kappa shape index (κ1) is 11.6. The Kier molecular flexibility index (Phi) is 2.25. The van der Waals surface area contributed by atoms with E-state index >= 15 is 0 Å². The molecular weight excluding hydrogens is 268 g/mol. The van der Waals surface area contributed by atoms with Crippen molar-refractivity contribution in [2.24, 2.45) is 0 Å². The predicted molar refractivity (Wildman–Crippen MR) is 92.1 cm³/mol. The van der Waals surface area contributed by atoms with E-state index in [1.54, 1.807) is 0 Å². The van der Waals surface area contributed by atoms with Crippen LogP contribution in [0.2, 0.25) is 0 Å². The minimum absolute atomic E-state index is 0.995. The quantitative estimate of drug-likeness (QED) is 0.369. The molecule has 0 aliphatic carbocycles. The number of rotatable bonds is 0. The normalized spacial score (nSPS) is 11.6. The molecule has 0 aliphatic heterocycles. The molecule has 3 aromatic carbocycles. The van der Waals surface area contributed by atoms with Gasteiger partial charge in [0.15, 0.2) is 0 Å². The number of benzene rings is 3. The largest absolute Gasteiger partial charge is 0.256 e. The number of fused-ring (bicyclic) bond motifs is 7. The topological polar surface area (TPSA) is 25.8 Å². The maximum absolute atomic E-state index is 4.63. The molecule has 2 heterocycles. The van der Waals surface area contributed by atoms with Crippen molar-refractivity contribution in [1.82, 2.24) is 9.97 Å². The molecule has 5 rings (SSSR count). The van der Waals surface area contributed by atoms with Gasteiger partial charge in [0.05, 0.1) is 11.0 Å². The second-order valence-corrected chi connectivity index (χ2v) is 5.54. The van der Waals surface area contributed by atoms with Crippen LogP contribution in [0.5, 0.6) is 0 Å². The van der Waals surface area contributed by atoms with Crippen molar-refractivity contribution in [2.45, 2.75) is 0 Å². The summed E-state index contributed by atoms with van der Waals surface area (Å²) in [7, 11) is 0. The highest BCUT2D eigenvalue weighted by atomic mass is 14.7. The van der Waals surface area contributed by atoms with Crippen molar-refractivity contribution in [3.05, 3.63) is 73.1 Å². The van der Waals surface area contributed by atoms with Gasteiger partial charge in [0, 0.05) is 33.9 Å². The molecule has 2 heteroatoms. The van der Waals surface area contributed by atoms with E-state index in [0.29, 0.717) is 0 Å². The Morgan fingerprint density at radius 2 is 1.41 bits per heavy atom. The molecule has 0 unspecified atom stereocenters. The van der Waals surface area contributed by atoms with Gasteiger partial charge in [-0.05, 0) is 22.9 Å². The molecule has 0 spiro atoms. The summed E-state index contributed by atoms with van der Waals surface area (Å²) in [4.78, 5) is 9.25. The Balaban J connectivity index is 2.19.